The van der Waals surface area contributed by atoms with Crippen molar-refractivity contribution in [1.82, 2.24) is 19.2 Å². The molecule has 4 heterocycles. The smallest absolute Gasteiger partial charge is 0.275 e. The fourth-order valence-electron chi connectivity index (χ4n) is 5.12. The normalized spacial score (nSPS) is 22.5. The van der Waals surface area contributed by atoms with Gasteiger partial charge in [0.1, 0.15) is 22.6 Å². The summed E-state index contributed by atoms with van der Waals surface area (Å²) in [6.07, 6.45) is 4.88. The van der Waals surface area contributed by atoms with Gasteiger partial charge in [0.2, 0.25) is 0 Å². The van der Waals surface area contributed by atoms with E-state index >= 15 is 0 Å². The summed E-state index contributed by atoms with van der Waals surface area (Å²) >= 11 is 4.91. The molecule has 0 unspecified atom stereocenters. The van der Waals surface area contributed by atoms with Crippen molar-refractivity contribution in [2.45, 2.75) is 37.3 Å². The summed E-state index contributed by atoms with van der Waals surface area (Å²) in [4.78, 5) is 22.8. The number of anilines is 1. The number of benzene rings is 1. The molecule has 8 nitrogen and oxygen atoms in total. The zero-order valence-corrected chi connectivity index (χ0v) is 22.4. The van der Waals surface area contributed by atoms with Crippen molar-refractivity contribution in [1.29, 1.82) is 0 Å². The molecular formula is C25H33BrN6O2S. The van der Waals surface area contributed by atoms with Crippen molar-refractivity contribution in [3.05, 3.63) is 56.2 Å². The Labute approximate surface area is 218 Å². The molecule has 2 fully saturated rings. The fourth-order valence-corrected chi connectivity index (χ4v) is 6.22. The number of nitrogens with two attached hydrogens (primary N) is 1. The van der Waals surface area contributed by atoms with Crippen molar-refractivity contribution in [2.75, 3.05) is 51.7 Å². The Morgan fingerprint density at radius 3 is 2.77 bits per heavy atom. The molecule has 188 valence electrons. The predicted molar refractivity (Wildman–Crippen MR) is 145 cm³/mol. The Hall–Kier alpha value is -1.98. The molecule has 10 heteroatoms. The van der Waals surface area contributed by atoms with E-state index in [1.807, 2.05) is 5.38 Å². The summed E-state index contributed by atoms with van der Waals surface area (Å²) in [5, 5.41) is 5.41. The first kappa shape index (κ1) is 24.7. The van der Waals surface area contributed by atoms with Gasteiger partial charge in [-0.05, 0) is 78.9 Å². The van der Waals surface area contributed by atoms with Crippen LogP contribution in [0.1, 0.15) is 30.7 Å². The van der Waals surface area contributed by atoms with E-state index in [1.54, 1.807) is 10.6 Å². The van der Waals surface area contributed by atoms with E-state index in [1.165, 1.54) is 16.9 Å². The van der Waals surface area contributed by atoms with E-state index in [4.69, 9.17) is 10.5 Å². The topological polar surface area (TPSA) is 88.1 Å². The Balaban J connectivity index is 1.18. The molecule has 0 bridgehead atoms. The van der Waals surface area contributed by atoms with E-state index in [0.717, 1.165) is 57.7 Å². The number of likely N-dealkylation sites (N-methyl/N-ethyl adjacent to an activating group) is 1. The summed E-state index contributed by atoms with van der Waals surface area (Å²) in [7, 11) is 2.14. The summed E-state index contributed by atoms with van der Waals surface area (Å²) in [5.41, 5.74) is 7.22. The number of nitrogens with zero attached hydrogens (tertiary/aromatic N) is 4. The number of hydrogen-bond acceptors (Lipinski definition) is 8. The number of halogens is 1. The van der Waals surface area contributed by atoms with E-state index < -0.39 is 0 Å². The Bertz CT molecular complexity index is 1190. The lowest BCUT2D eigenvalue weighted by atomic mass is 9.88. The maximum Gasteiger partial charge on any atom is 0.275 e. The van der Waals surface area contributed by atoms with Gasteiger partial charge in [-0.2, -0.15) is 0 Å². The third-order valence-corrected chi connectivity index (χ3v) is 8.52. The molecule has 0 amide bonds. The second-order valence-electron chi connectivity index (χ2n) is 9.73. The SMILES string of the molecule is CN1C[C@H](Nc2nc3sccn3c(=O)c2Br)C[C@H](c2ccc(OCCN3CCC(N)CC3)cc2)C1. The van der Waals surface area contributed by atoms with E-state index in [9.17, 15) is 4.79 Å². The van der Waals surface area contributed by atoms with Gasteiger partial charge >= 0.3 is 0 Å². The predicted octanol–water partition coefficient (Wildman–Crippen LogP) is 3.22. The summed E-state index contributed by atoms with van der Waals surface area (Å²) < 4.78 is 8.06. The number of rotatable bonds is 7. The van der Waals surface area contributed by atoms with Crippen LogP contribution in [0.25, 0.3) is 4.96 Å². The van der Waals surface area contributed by atoms with Crippen LogP contribution in [0, 0.1) is 0 Å². The highest BCUT2D eigenvalue weighted by atomic mass is 79.9. The first-order chi connectivity index (χ1) is 17.0. The zero-order chi connectivity index (χ0) is 24.4. The quantitative estimate of drug-likeness (QED) is 0.458. The van der Waals surface area contributed by atoms with Crippen molar-refractivity contribution in [3.8, 4) is 5.75 Å². The number of likely N-dealkylation sites (tertiary alicyclic amines) is 2. The average Bonchev–Trinajstić information content (AvgIpc) is 3.32. The highest BCUT2D eigenvalue weighted by Gasteiger charge is 2.27. The summed E-state index contributed by atoms with van der Waals surface area (Å²) in [5.74, 6) is 1.93. The highest BCUT2D eigenvalue weighted by Crippen LogP contribution is 2.30. The minimum atomic E-state index is -0.0843. The Morgan fingerprint density at radius 1 is 1.23 bits per heavy atom. The molecule has 0 spiro atoms. The van der Waals surface area contributed by atoms with Gasteiger partial charge in [0, 0.05) is 43.3 Å². The second-order valence-corrected chi connectivity index (χ2v) is 11.4. The standard InChI is InChI=1S/C25H33BrN6O2S/c1-30-15-18(14-20(16-30)28-23-22(26)24(33)32-11-13-35-25(32)29-23)17-2-4-21(5-3-17)34-12-10-31-8-6-19(27)7-9-31/h2-5,11,13,18-20,28H,6-10,12,14-16,27H2,1H3/t18-,20+/m0/s1. The van der Waals surface area contributed by atoms with Crippen LogP contribution in [-0.4, -0.2) is 77.6 Å². The molecule has 0 aliphatic carbocycles. The van der Waals surface area contributed by atoms with Crippen LogP contribution >= 0.6 is 27.3 Å². The van der Waals surface area contributed by atoms with Crippen molar-refractivity contribution in [2.24, 2.45) is 5.73 Å². The lowest BCUT2D eigenvalue weighted by Crippen LogP contribution is -2.43. The number of hydrogen-bond donors (Lipinski definition) is 2. The number of nitrogens with one attached hydrogen (secondary N) is 1. The number of ether oxygens (including phenoxy) is 1. The Kier molecular flexibility index (Phi) is 7.74. The minimum Gasteiger partial charge on any atom is -0.492 e. The molecule has 1 aromatic carbocycles. The first-order valence-corrected chi connectivity index (χ1v) is 13.9. The number of piperidine rings is 2. The molecule has 2 aromatic heterocycles. The van der Waals surface area contributed by atoms with Gasteiger partial charge < -0.3 is 20.7 Å². The zero-order valence-electron chi connectivity index (χ0n) is 20.0. The van der Waals surface area contributed by atoms with Gasteiger partial charge in [-0.25, -0.2) is 4.98 Å². The van der Waals surface area contributed by atoms with Gasteiger partial charge in [0.25, 0.3) is 5.56 Å². The molecule has 2 saturated heterocycles. The maximum atomic E-state index is 12.6. The molecule has 3 N–H and O–H groups in total. The van der Waals surface area contributed by atoms with Crippen LogP contribution in [0.4, 0.5) is 5.82 Å². The molecule has 35 heavy (non-hydrogen) atoms. The lowest BCUT2D eigenvalue weighted by Gasteiger charge is -2.36. The van der Waals surface area contributed by atoms with Crippen molar-refractivity contribution in [3.63, 3.8) is 0 Å². The summed E-state index contributed by atoms with van der Waals surface area (Å²) in [6, 6.07) is 9.10. The van der Waals surface area contributed by atoms with E-state index in [0.29, 0.717) is 33.8 Å². The third-order valence-electron chi connectivity index (χ3n) is 7.05. The van der Waals surface area contributed by atoms with E-state index in [-0.39, 0.29) is 11.6 Å². The van der Waals surface area contributed by atoms with Crippen LogP contribution < -0.4 is 21.3 Å². The molecule has 2 atom stereocenters. The van der Waals surface area contributed by atoms with Gasteiger partial charge in [-0.1, -0.05) is 12.1 Å². The molecule has 0 saturated carbocycles. The van der Waals surface area contributed by atoms with Gasteiger partial charge in [-0.15, -0.1) is 11.3 Å². The van der Waals surface area contributed by atoms with E-state index in [2.05, 4.69) is 67.3 Å². The monoisotopic (exact) mass is 560 g/mol. The molecule has 2 aliphatic rings. The number of aromatic nitrogens is 2. The van der Waals surface area contributed by atoms with Crippen molar-refractivity contribution >= 4 is 38.0 Å². The Morgan fingerprint density at radius 2 is 2.00 bits per heavy atom. The van der Waals surface area contributed by atoms with Crippen LogP contribution in [0.3, 0.4) is 0 Å². The average molecular weight is 562 g/mol. The molecule has 0 radical (unpaired) electrons. The number of thiazole rings is 1. The largest absolute Gasteiger partial charge is 0.492 e. The summed E-state index contributed by atoms with van der Waals surface area (Å²) in [6.45, 7) is 5.67. The lowest BCUT2D eigenvalue weighted by molar-refractivity contribution is 0.174. The molecule has 5 rings (SSSR count). The second kappa shape index (κ2) is 11.0. The van der Waals surface area contributed by atoms with Crippen LogP contribution in [0.15, 0.2) is 45.1 Å². The molecule has 3 aromatic rings. The van der Waals surface area contributed by atoms with Crippen LogP contribution in [0.2, 0.25) is 0 Å². The van der Waals surface area contributed by atoms with Gasteiger partial charge in [0.15, 0.2) is 4.96 Å². The van der Waals surface area contributed by atoms with Crippen LogP contribution in [-0.2, 0) is 0 Å². The van der Waals surface area contributed by atoms with Crippen molar-refractivity contribution < 1.29 is 4.74 Å². The highest BCUT2D eigenvalue weighted by molar-refractivity contribution is 9.10. The molecular weight excluding hydrogens is 528 g/mol. The van der Waals surface area contributed by atoms with Gasteiger partial charge in [0.05, 0.1) is 0 Å². The minimum absolute atomic E-state index is 0.0843. The fraction of sp³-hybridized carbons (Fsp3) is 0.520. The van der Waals surface area contributed by atoms with Gasteiger partial charge in [-0.3, -0.25) is 14.1 Å². The van der Waals surface area contributed by atoms with Crippen LogP contribution in [0.5, 0.6) is 5.75 Å². The molecule has 2 aliphatic heterocycles. The third kappa shape index (κ3) is 5.89. The first-order valence-electron chi connectivity index (χ1n) is 12.3. The number of fused-ring (bicyclic) bond motifs is 1. The maximum absolute atomic E-state index is 12.6.